The van der Waals surface area contributed by atoms with Gasteiger partial charge in [-0.3, -0.25) is 9.59 Å². The fourth-order valence-corrected chi connectivity index (χ4v) is 2.68. The van der Waals surface area contributed by atoms with Crippen molar-refractivity contribution in [2.75, 3.05) is 22.1 Å². The van der Waals surface area contributed by atoms with Crippen LogP contribution in [0.25, 0.3) is 0 Å². The van der Waals surface area contributed by atoms with E-state index in [-0.39, 0.29) is 11.8 Å². The van der Waals surface area contributed by atoms with Crippen LogP contribution in [0.4, 0.5) is 22.7 Å². The molecule has 6 heteroatoms. The minimum absolute atomic E-state index is 0.286. The lowest BCUT2D eigenvalue weighted by molar-refractivity contribution is 0.101. The van der Waals surface area contributed by atoms with Crippen LogP contribution in [0, 0.1) is 13.8 Å². The SMILES string of the molecule is Cc1cc(NC(=O)c2ccc(N)cc2)c(NC(=O)c2ccc(N)cc2)cc1C. The van der Waals surface area contributed by atoms with Gasteiger partial charge in [0.2, 0.25) is 0 Å². The highest BCUT2D eigenvalue weighted by Crippen LogP contribution is 2.27. The van der Waals surface area contributed by atoms with Gasteiger partial charge in [-0.1, -0.05) is 0 Å². The third kappa shape index (κ3) is 4.29. The number of carbonyl (C=O) groups excluding carboxylic acids is 2. The molecule has 3 rings (SSSR count). The van der Waals surface area contributed by atoms with Crippen molar-refractivity contribution < 1.29 is 9.59 Å². The van der Waals surface area contributed by atoms with Gasteiger partial charge in [-0.25, -0.2) is 0 Å². The smallest absolute Gasteiger partial charge is 0.255 e. The number of carbonyl (C=O) groups is 2. The van der Waals surface area contributed by atoms with E-state index in [1.807, 2.05) is 26.0 Å². The Morgan fingerprint density at radius 1 is 0.643 bits per heavy atom. The maximum absolute atomic E-state index is 12.6. The summed E-state index contributed by atoms with van der Waals surface area (Å²) in [5.41, 5.74) is 16.5. The van der Waals surface area contributed by atoms with Gasteiger partial charge in [0, 0.05) is 22.5 Å². The Kier molecular flexibility index (Phi) is 5.31. The molecule has 3 aromatic carbocycles. The summed E-state index contributed by atoms with van der Waals surface area (Å²) in [4.78, 5) is 25.2. The van der Waals surface area contributed by atoms with Crippen LogP contribution < -0.4 is 22.1 Å². The standard InChI is InChI=1S/C22H22N4O2/c1-13-11-19(25-21(27)15-3-7-17(23)8-4-15)20(12-14(13)2)26-22(28)16-5-9-18(24)10-6-16/h3-12H,23-24H2,1-2H3,(H,25,27)(H,26,28). The van der Waals surface area contributed by atoms with Crippen LogP contribution in [0.15, 0.2) is 60.7 Å². The van der Waals surface area contributed by atoms with Crippen molar-refractivity contribution in [1.29, 1.82) is 0 Å². The van der Waals surface area contributed by atoms with Gasteiger partial charge in [-0.2, -0.15) is 0 Å². The summed E-state index contributed by atoms with van der Waals surface area (Å²) in [5, 5.41) is 5.73. The summed E-state index contributed by atoms with van der Waals surface area (Å²) in [6, 6.07) is 16.9. The van der Waals surface area contributed by atoms with E-state index in [0.717, 1.165) is 11.1 Å². The summed E-state index contributed by atoms with van der Waals surface area (Å²) in [6.45, 7) is 3.89. The number of aryl methyl sites for hydroxylation is 2. The highest BCUT2D eigenvalue weighted by molar-refractivity contribution is 6.10. The topological polar surface area (TPSA) is 110 Å². The van der Waals surface area contributed by atoms with Gasteiger partial charge in [0.1, 0.15) is 0 Å². The van der Waals surface area contributed by atoms with E-state index in [9.17, 15) is 9.59 Å². The lowest BCUT2D eigenvalue weighted by Gasteiger charge is -2.15. The van der Waals surface area contributed by atoms with Crippen molar-refractivity contribution >= 4 is 34.6 Å². The predicted octanol–water partition coefficient (Wildman–Crippen LogP) is 3.97. The van der Waals surface area contributed by atoms with Gasteiger partial charge in [-0.15, -0.1) is 0 Å². The van der Waals surface area contributed by atoms with Crippen LogP contribution in [0.3, 0.4) is 0 Å². The van der Waals surface area contributed by atoms with Gasteiger partial charge in [-0.05, 0) is 85.6 Å². The number of amides is 2. The normalized spacial score (nSPS) is 10.4. The van der Waals surface area contributed by atoms with Crippen LogP contribution >= 0.6 is 0 Å². The monoisotopic (exact) mass is 374 g/mol. The molecule has 0 atom stereocenters. The molecule has 0 bridgehead atoms. The second kappa shape index (κ2) is 7.84. The van der Waals surface area contributed by atoms with Crippen molar-refractivity contribution in [2.24, 2.45) is 0 Å². The molecule has 0 saturated heterocycles. The number of nitrogens with two attached hydrogens (primary N) is 2. The molecule has 28 heavy (non-hydrogen) atoms. The van der Waals surface area contributed by atoms with Crippen LogP contribution in [0.2, 0.25) is 0 Å². The molecule has 0 aliphatic heterocycles. The first-order chi connectivity index (χ1) is 13.3. The number of nitrogens with one attached hydrogen (secondary N) is 2. The summed E-state index contributed by atoms with van der Waals surface area (Å²) in [5.74, 6) is -0.572. The Balaban J connectivity index is 1.87. The molecular formula is C22H22N4O2. The number of nitrogen functional groups attached to an aromatic ring is 2. The molecule has 0 saturated carbocycles. The number of hydrogen-bond acceptors (Lipinski definition) is 4. The van der Waals surface area contributed by atoms with Crippen molar-refractivity contribution in [3.63, 3.8) is 0 Å². The Labute approximate surface area is 163 Å². The summed E-state index contributed by atoms with van der Waals surface area (Å²) in [7, 11) is 0. The van der Waals surface area contributed by atoms with Crippen LogP contribution in [-0.2, 0) is 0 Å². The molecule has 0 unspecified atom stereocenters. The average molecular weight is 374 g/mol. The Morgan fingerprint density at radius 3 is 1.29 bits per heavy atom. The first-order valence-electron chi connectivity index (χ1n) is 8.78. The largest absolute Gasteiger partial charge is 0.399 e. The fraction of sp³-hybridized carbons (Fsp3) is 0.0909. The molecule has 0 heterocycles. The summed E-state index contributed by atoms with van der Waals surface area (Å²) in [6.07, 6.45) is 0. The molecule has 0 aliphatic rings. The highest BCUT2D eigenvalue weighted by atomic mass is 16.2. The first kappa shape index (κ1) is 19.0. The van der Waals surface area contributed by atoms with Gasteiger partial charge in [0.05, 0.1) is 11.4 Å². The molecule has 3 aromatic rings. The van der Waals surface area contributed by atoms with E-state index < -0.39 is 0 Å². The third-order valence-electron chi connectivity index (χ3n) is 4.48. The lowest BCUT2D eigenvalue weighted by atomic mass is 10.1. The van der Waals surface area contributed by atoms with Crippen molar-refractivity contribution in [2.45, 2.75) is 13.8 Å². The van der Waals surface area contributed by atoms with E-state index in [1.165, 1.54) is 0 Å². The molecule has 0 aromatic heterocycles. The van der Waals surface area contributed by atoms with E-state index in [0.29, 0.717) is 33.9 Å². The van der Waals surface area contributed by atoms with E-state index >= 15 is 0 Å². The zero-order chi connectivity index (χ0) is 20.3. The van der Waals surface area contributed by atoms with Gasteiger partial charge < -0.3 is 22.1 Å². The second-order valence-corrected chi connectivity index (χ2v) is 6.63. The van der Waals surface area contributed by atoms with Crippen molar-refractivity contribution in [1.82, 2.24) is 0 Å². The second-order valence-electron chi connectivity index (χ2n) is 6.63. The average Bonchev–Trinajstić information content (AvgIpc) is 2.66. The fourth-order valence-electron chi connectivity index (χ4n) is 2.68. The number of anilines is 4. The van der Waals surface area contributed by atoms with Crippen LogP contribution in [0.5, 0.6) is 0 Å². The zero-order valence-corrected chi connectivity index (χ0v) is 15.7. The van der Waals surface area contributed by atoms with E-state index in [4.69, 9.17) is 11.5 Å². The third-order valence-corrected chi connectivity index (χ3v) is 4.48. The maximum atomic E-state index is 12.6. The molecule has 0 aliphatic carbocycles. The van der Waals surface area contributed by atoms with Crippen molar-refractivity contribution in [3.8, 4) is 0 Å². The zero-order valence-electron chi connectivity index (χ0n) is 15.7. The quantitative estimate of drug-likeness (QED) is 0.518. The minimum Gasteiger partial charge on any atom is -0.399 e. The van der Waals surface area contributed by atoms with E-state index in [2.05, 4.69) is 10.6 Å². The minimum atomic E-state index is -0.286. The Hall–Kier alpha value is -3.80. The molecule has 2 amide bonds. The molecule has 6 N–H and O–H groups in total. The molecule has 142 valence electrons. The molecule has 6 nitrogen and oxygen atoms in total. The van der Waals surface area contributed by atoms with E-state index in [1.54, 1.807) is 48.5 Å². The number of benzene rings is 3. The molecule has 0 spiro atoms. The lowest BCUT2D eigenvalue weighted by Crippen LogP contribution is -2.17. The Bertz CT molecular complexity index is 941. The summed E-state index contributed by atoms with van der Waals surface area (Å²) < 4.78 is 0. The van der Waals surface area contributed by atoms with Gasteiger partial charge in [0.25, 0.3) is 11.8 Å². The highest BCUT2D eigenvalue weighted by Gasteiger charge is 2.14. The Morgan fingerprint density at radius 2 is 0.964 bits per heavy atom. The van der Waals surface area contributed by atoms with Crippen molar-refractivity contribution in [3.05, 3.63) is 82.9 Å². The molecule has 0 fully saturated rings. The first-order valence-corrected chi connectivity index (χ1v) is 8.78. The number of hydrogen-bond donors (Lipinski definition) is 4. The molecule has 0 radical (unpaired) electrons. The van der Waals surface area contributed by atoms with Crippen LogP contribution in [0.1, 0.15) is 31.8 Å². The van der Waals surface area contributed by atoms with Gasteiger partial charge in [0.15, 0.2) is 0 Å². The molecular weight excluding hydrogens is 352 g/mol. The number of rotatable bonds is 4. The maximum Gasteiger partial charge on any atom is 0.255 e. The van der Waals surface area contributed by atoms with Gasteiger partial charge >= 0.3 is 0 Å². The van der Waals surface area contributed by atoms with Crippen LogP contribution in [-0.4, -0.2) is 11.8 Å². The summed E-state index contributed by atoms with van der Waals surface area (Å²) >= 11 is 0. The predicted molar refractivity (Wildman–Crippen MR) is 114 cm³/mol.